The Labute approximate surface area is 114 Å². The minimum absolute atomic E-state index is 0.673. The van der Waals surface area contributed by atoms with Gasteiger partial charge in [-0.2, -0.15) is 0 Å². The van der Waals surface area contributed by atoms with Crippen LogP contribution in [0.2, 0.25) is 0 Å². The molecular weight excluding hydrogens is 236 g/mol. The van der Waals surface area contributed by atoms with Gasteiger partial charge in [0.1, 0.15) is 0 Å². The van der Waals surface area contributed by atoms with Crippen LogP contribution in [0, 0.1) is 0 Å². The van der Waals surface area contributed by atoms with Crippen molar-refractivity contribution in [2.24, 2.45) is 0 Å². The topological polar surface area (TPSA) is 25.4 Å². The maximum atomic E-state index is 5.32. The van der Waals surface area contributed by atoms with E-state index < -0.39 is 0 Å². The van der Waals surface area contributed by atoms with Crippen LogP contribution in [0.25, 0.3) is 11.1 Å². The Hall–Kier alpha value is -1.87. The summed E-state index contributed by atoms with van der Waals surface area (Å²) in [5.41, 5.74) is 3.52. The molecule has 0 atom stereocenters. The third kappa shape index (κ3) is 3.55. The number of nitrogens with zero attached hydrogens (tertiary/aromatic N) is 2. The summed E-state index contributed by atoms with van der Waals surface area (Å²) in [4.78, 5) is 6.44. The van der Waals surface area contributed by atoms with E-state index in [4.69, 9.17) is 4.74 Å². The van der Waals surface area contributed by atoms with E-state index in [1.807, 2.05) is 12.1 Å². The van der Waals surface area contributed by atoms with E-state index in [0.717, 1.165) is 24.1 Å². The van der Waals surface area contributed by atoms with Crippen molar-refractivity contribution < 1.29 is 4.74 Å². The molecule has 1 aromatic carbocycles. The van der Waals surface area contributed by atoms with Crippen LogP contribution in [0.4, 0.5) is 0 Å². The number of methoxy groups -OCH3 is 1. The fourth-order valence-corrected chi connectivity index (χ4v) is 2.02. The van der Waals surface area contributed by atoms with E-state index in [-0.39, 0.29) is 0 Å². The number of hydrogen-bond donors (Lipinski definition) is 0. The molecular formula is C16H20N2O. The summed E-state index contributed by atoms with van der Waals surface area (Å²) in [5, 5.41) is 0. The van der Waals surface area contributed by atoms with E-state index >= 15 is 0 Å². The van der Waals surface area contributed by atoms with Gasteiger partial charge < -0.3 is 9.64 Å². The highest BCUT2D eigenvalue weighted by atomic mass is 16.5. The molecule has 0 spiro atoms. The molecule has 0 N–H and O–H groups in total. The second-order valence-electron chi connectivity index (χ2n) is 4.81. The van der Waals surface area contributed by atoms with Crippen LogP contribution < -0.4 is 4.74 Å². The predicted molar refractivity (Wildman–Crippen MR) is 78.5 cm³/mol. The summed E-state index contributed by atoms with van der Waals surface area (Å²) in [6.45, 7) is 1.05. The molecule has 0 radical (unpaired) electrons. The second kappa shape index (κ2) is 6.34. The van der Waals surface area contributed by atoms with E-state index in [1.54, 1.807) is 13.3 Å². The zero-order valence-electron chi connectivity index (χ0n) is 11.8. The molecule has 2 rings (SSSR count). The Morgan fingerprint density at radius 1 is 1.16 bits per heavy atom. The fourth-order valence-electron chi connectivity index (χ4n) is 2.02. The first-order valence-corrected chi connectivity index (χ1v) is 6.44. The summed E-state index contributed by atoms with van der Waals surface area (Å²) in [6, 6.07) is 12.5. The molecule has 0 aliphatic carbocycles. The van der Waals surface area contributed by atoms with Gasteiger partial charge in [-0.15, -0.1) is 0 Å². The van der Waals surface area contributed by atoms with Gasteiger partial charge in [-0.1, -0.05) is 24.3 Å². The molecule has 2 aromatic rings. The molecule has 0 aliphatic rings. The Morgan fingerprint density at radius 3 is 2.74 bits per heavy atom. The molecule has 0 bridgehead atoms. The average molecular weight is 256 g/mol. The Balaban J connectivity index is 2.27. The minimum Gasteiger partial charge on any atom is -0.481 e. The summed E-state index contributed by atoms with van der Waals surface area (Å²) in [6.07, 6.45) is 2.79. The van der Waals surface area contributed by atoms with Crippen molar-refractivity contribution in [3.05, 3.63) is 48.2 Å². The first-order valence-electron chi connectivity index (χ1n) is 6.44. The molecule has 0 fully saturated rings. The number of likely N-dealkylation sites (N-methyl/N-ethyl adjacent to an activating group) is 1. The van der Waals surface area contributed by atoms with Gasteiger partial charge in [0.25, 0.3) is 0 Å². The first-order chi connectivity index (χ1) is 9.20. The number of pyridine rings is 1. The maximum absolute atomic E-state index is 5.32. The standard InChI is InChI=1S/C16H20N2O/c1-18(2)11-9-13-6-4-7-14(12-13)15-8-5-10-17-16(15)19-3/h4-8,10,12H,9,11H2,1-3H3. The van der Waals surface area contributed by atoms with Crippen LogP contribution in [0.1, 0.15) is 5.56 Å². The van der Waals surface area contributed by atoms with Crippen molar-refractivity contribution >= 4 is 0 Å². The van der Waals surface area contributed by atoms with Gasteiger partial charge >= 0.3 is 0 Å². The summed E-state index contributed by atoms with van der Waals surface area (Å²) in [5.74, 6) is 0.673. The Morgan fingerprint density at radius 2 is 2.00 bits per heavy atom. The molecule has 0 saturated carbocycles. The summed E-state index contributed by atoms with van der Waals surface area (Å²) >= 11 is 0. The zero-order chi connectivity index (χ0) is 13.7. The molecule has 3 heteroatoms. The minimum atomic E-state index is 0.673. The lowest BCUT2D eigenvalue weighted by molar-refractivity contribution is 0.399. The number of hydrogen-bond acceptors (Lipinski definition) is 3. The molecule has 0 unspecified atom stereocenters. The average Bonchev–Trinajstić information content (AvgIpc) is 2.45. The molecule has 0 saturated heterocycles. The van der Waals surface area contributed by atoms with Crippen LogP contribution in [-0.2, 0) is 6.42 Å². The Bertz CT molecular complexity index is 538. The maximum Gasteiger partial charge on any atom is 0.221 e. The fraction of sp³-hybridized carbons (Fsp3) is 0.312. The monoisotopic (exact) mass is 256 g/mol. The van der Waals surface area contributed by atoms with Gasteiger partial charge in [0.2, 0.25) is 5.88 Å². The van der Waals surface area contributed by atoms with Crippen LogP contribution in [-0.4, -0.2) is 37.6 Å². The van der Waals surface area contributed by atoms with Crippen molar-refractivity contribution in [3.63, 3.8) is 0 Å². The van der Waals surface area contributed by atoms with Crippen molar-refractivity contribution in [3.8, 4) is 17.0 Å². The normalized spacial score (nSPS) is 10.7. The number of ether oxygens (including phenoxy) is 1. The summed E-state index contributed by atoms with van der Waals surface area (Å²) in [7, 11) is 5.84. The molecule has 1 aromatic heterocycles. The SMILES string of the molecule is COc1ncccc1-c1cccc(CCN(C)C)c1. The first kappa shape index (κ1) is 13.6. The highest BCUT2D eigenvalue weighted by Gasteiger charge is 2.06. The van der Waals surface area contributed by atoms with Gasteiger partial charge in [0, 0.05) is 18.3 Å². The quantitative estimate of drug-likeness (QED) is 0.822. The Kier molecular flexibility index (Phi) is 4.53. The number of rotatable bonds is 5. The van der Waals surface area contributed by atoms with Crippen LogP contribution in [0.3, 0.4) is 0 Å². The van der Waals surface area contributed by atoms with Gasteiger partial charge in [0.15, 0.2) is 0 Å². The lowest BCUT2D eigenvalue weighted by atomic mass is 10.0. The molecule has 19 heavy (non-hydrogen) atoms. The van der Waals surface area contributed by atoms with Gasteiger partial charge in [-0.05, 0) is 43.8 Å². The van der Waals surface area contributed by atoms with Gasteiger partial charge in [-0.3, -0.25) is 0 Å². The van der Waals surface area contributed by atoms with Crippen LogP contribution in [0.15, 0.2) is 42.6 Å². The van der Waals surface area contributed by atoms with E-state index in [1.165, 1.54) is 5.56 Å². The van der Waals surface area contributed by atoms with Crippen molar-refractivity contribution in [2.75, 3.05) is 27.7 Å². The summed E-state index contributed by atoms with van der Waals surface area (Å²) < 4.78 is 5.32. The van der Waals surface area contributed by atoms with Crippen molar-refractivity contribution in [2.45, 2.75) is 6.42 Å². The molecule has 0 amide bonds. The molecule has 100 valence electrons. The number of benzene rings is 1. The van der Waals surface area contributed by atoms with Crippen molar-refractivity contribution in [1.29, 1.82) is 0 Å². The van der Waals surface area contributed by atoms with Crippen molar-refractivity contribution in [1.82, 2.24) is 9.88 Å². The predicted octanol–water partition coefficient (Wildman–Crippen LogP) is 2.86. The van der Waals surface area contributed by atoms with Gasteiger partial charge in [-0.25, -0.2) is 4.98 Å². The van der Waals surface area contributed by atoms with E-state index in [9.17, 15) is 0 Å². The lowest BCUT2D eigenvalue weighted by Crippen LogP contribution is -2.14. The van der Waals surface area contributed by atoms with Crippen LogP contribution in [0.5, 0.6) is 5.88 Å². The molecule has 0 aliphatic heterocycles. The van der Waals surface area contributed by atoms with E-state index in [2.05, 4.69) is 48.2 Å². The second-order valence-corrected chi connectivity index (χ2v) is 4.81. The van der Waals surface area contributed by atoms with Gasteiger partial charge in [0.05, 0.1) is 7.11 Å². The third-order valence-corrected chi connectivity index (χ3v) is 3.05. The molecule has 3 nitrogen and oxygen atoms in total. The highest BCUT2D eigenvalue weighted by molar-refractivity contribution is 5.68. The highest BCUT2D eigenvalue weighted by Crippen LogP contribution is 2.28. The zero-order valence-corrected chi connectivity index (χ0v) is 11.8. The van der Waals surface area contributed by atoms with Crippen LogP contribution >= 0.6 is 0 Å². The molecule has 1 heterocycles. The third-order valence-electron chi connectivity index (χ3n) is 3.05. The smallest absolute Gasteiger partial charge is 0.221 e. The largest absolute Gasteiger partial charge is 0.481 e. The number of aromatic nitrogens is 1. The lowest BCUT2D eigenvalue weighted by Gasteiger charge is -2.11. The van der Waals surface area contributed by atoms with E-state index in [0.29, 0.717) is 5.88 Å².